The molecule has 0 saturated heterocycles. The van der Waals surface area contributed by atoms with E-state index in [0.717, 1.165) is 12.8 Å². The van der Waals surface area contributed by atoms with Gasteiger partial charge in [-0.2, -0.15) is 0 Å². The summed E-state index contributed by atoms with van der Waals surface area (Å²) in [5.74, 6) is -0.425. The highest BCUT2D eigenvalue weighted by Crippen LogP contribution is 2.17. The molecule has 1 heterocycles. The van der Waals surface area contributed by atoms with Gasteiger partial charge >= 0.3 is 0 Å². The van der Waals surface area contributed by atoms with E-state index < -0.39 is 0 Å². The van der Waals surface area contributed by atoms with E-state index in [-0.39, 0.29) is 17.5 Å². The highest BCUT2D eigenvalue weighted by atomic mass is 16.2. The van der Waals surface area contributed by atoms with Crippen LogP contribution in [0.25, 0.3) is 0 Å². The van der Waals surface area contributed by atoms with Gasteiger partial charge in [0, 0.05) is 19.3 Å². The first-order valence-corrected chi connectivity index (χ1v) is 8.48. The largest absolute Gasteiger partial charge is 0.397 e. The third-order valence-corrected chi connectivity index (χ3v) is 3.73. The minimum absolute atomic E-state index is 0.0598. The number of rotatable bonds is 7. The van der Waals surface area contributed by atoms with Crippen LogP contribution in [0.2, 0.25) is 0 Å². The van der Waals surface area contributed by atoms with E-state index in [1.54, 1.807) is 41.3 Å². The summed E-state index contributed by atoms with van der Waals surface area (Å²) in [4.78, 5) is 30.7. The number of benzene rings is 1. The molecule has 6 heteroatoms. The number of nitrogens with zero attached hydrogens (tertiary/aromatic N) is 2. The van der Waals surface area contributed by atoms with E-state index in [1.807, 2.05) is 13.8 Å². The normalized spacial score (nSPS) is 10.3. The Labute approximate surface area is 148 Å². The first-order chi connectivity index (χ1) is 12.1. The molecule has 0 aliphatic heterocycles. The summed E-state index contributed by atoms with van der Waals surface area (Å²) in [5, 5.41) is 2.72. The Kier molecular flexibility index (Phi) is 6.51. The van der Waals surface area contributed by atoms with E-state index in [2.05, 4.69) is 10.3 Å². The number of pyridine rings is 1. The minimum atomic E-state index is -0.365. The minimum Gasteiger partial charge on any atom is -0.397 e. The number of aromatic nitrogens is 1. The number of hydrogen-bond acceptors (Lipinski definition) is 4. The Hall–Kier alpha value is -2.89. The molecular weight excluding hydrogens is 316 g/mol. The standard InChI is InChI=1S/C19H24N4O2/c1-3-11-23(12-4-2)19(25)14-9-10-17(21-13-14)18(24)22-16-8-6-5-7-15(16)20/h5-10,13H,3-4,11-12,20H2,1-2H3,(H,22,24). The van der Waals surface area contributed by atoms with Crippen molar-refractivity contribution in [3.8, 4) is 0 Å². The molecular formula is C19H24N4O2. The molecule has 0 radical (unpaired) electrons. The molecule has 3 N–H and O–H groups in total. The van der Waals surface area contributed by atoms with Gasteiger partial charge in [0.25, 0.3) is 11.8 Å². The number of carbonyl (C=O) groups excluding carboxylic acids is 2. The summed E-state index contributed by atoms with van der Waals surface area (Å²) in [5.41, 5.74) is 7.55. The van der Waals surface area contributed by atoms with Gasteiger partial charge in [-0.1, -0.05) is 26.0 Å². The van der Waals surface area contributed by atoms with Crippen molar-refractivity contribution in [1.29, 1.82) is 0 Å². The van der Waals surface area contributed by atoms with Crippen molar-refractivity contribution < 1.29 is 9.59 Å². The molecule has 132 valence electrons. The Morgan fingerprint density at radius 1 is 1.08 bits per heavy atom. The number of carbonyl (C=O) groups is 2. The lowest BCUT2D eigenvalue weighted by atomic mass is 10.2. The van der Waals surface area contributed by atoms with Gasteiger partial charge in [0.1, 0.15) is 5.69 Å². The second-order valence-electron chi connectivity index (χ2n) is 5.77. The number of amides is 2. The van der Waals surface area contributed by atoms with Gasteiger partial charge in [-0.15, -0.1) is 0 Å². The van der Waals surface area contributed by atoms with Gasteiger partial charge < -0.3 is 16.0 Å². The maximum atomic E-state index is 12.5. The van der Waals surface area contributed by atoms with Crippen LogP contribution in [0.5, 0.6) is 0 Å². The van der Waals surface area contributed by atoms with E-state index >= 15 is 0 Å². The lowest BCUT2D eigenvalue weighted by Crippen LogP contribution is -2.32. The molecule has 0 bridgehead atoms. The van der Waals surface area contributed by atoms with Crippen LogP contribution in [0.15, 0.2) is 42.6 Å². The van der Waals surface area contributed by atoms with Crippen molar-refractivity contribution >= 4 is 23.2 Å². The molecule has 0 spiro atoms. The van der Waals surface area contributed by atoms with Crippen LogP contribution in [0, 0.1) is 0 Å². The van der Waals surface area contributed by atoms with Crippen molar-refractivity contribution in [1.82, 2.24) is 9.88 Å². The molecule has 0 atom stereocenters. The van der Waals surface area contributed by atoms with Crippen LogP contribution in [0.3, 0.4) is 0 Å². The van der Waals surface area contributed by atoms with Gasteiger partial charge in [0.2, 0.25) is 0 Å². The predicted molar refractivity (Wildman–Crippen MR) is 99.5 cm³/mol. The van der Waals surface area contributed by atoms with E-state index in [4.69, 9.17) is 5.73 Å². The molecule has 2 rings (SSSR count). The SMILES string of the molecule is CCCN(CCC)C(=O)c1ccc(C(=O)Nc2ccccc2N)nc1. The van der Waals surface area contributed by atoms with Gasteiger partial charge in [-0.3, -0.25) is 14.6 Å². The molecule has 0 saturated carbocycles. The van der Waals surface area contributed by atoms with E-state index in [1.165, 1.54) is 6.20 Å². The molecule has 0 unspecified atom stereocenters. The van der Waals surface area contributed by atoms with Crippen LogP contribution in [-0.2, 0) is 0 Å². The first-order valence-electron chi connectivity index (χ1n) is 8.48. The summed E-state index contributed by atoms with van der Waals surface area (Å²) >= 11 is 0. The third kappa shape index (κ3) is 4.79. The van der Waals surface area contributed by atoms with Gasteiger partial charge in [0.15, 0.2) is 0 Å². The summed E-state index contributed by atoms with van der Waals surface area (Å²) in [7, 11) is 0. The molecule has 25 heavy (non-hydrogen) atoms. The fourth-order valence-electron chi connectivity index (χ4n) is 2.49. The number of anilines is 2. The summed E-state index contributed by atoms with van der Waals surface area (Å²) in [6.07, 6.45) is 3.25. The summed E-state index contributed by atoms with van der Waals surface area (Å²) in [6, 6.07) is 10.2. The molecule has 1 aromatic heterocycles. The molecule has 0 fully saturated rings. The zero-order valence-corrected chi connectivity index (χ0v) is 14.7. The lowest BCUT2D eigenvalue weighted by Gasteiger charge is -2.21. The Bertz CT molecular complexity index is 722. The Balaban J connectivity index is 2.09. The lowest BCUT2D eigenvalue weighted by molar-refractivity contribution is 0.0754. The average Bonchev–Trinajstić information content (AvgIpc) is 2.63. The zero-order valence-electron chi connectivity index (χ0n) is 14.7. The Morgan fingerprint density at radius 2 is 1.76 bits per heavy atom. The molecule has 0 aliphatic carbocycles. The molecule has 0 aliphatic rings. The van der Waals surface area contributed by atoms with Crippen molar-refractivity contribution in [2.45, 2.75) is 26.7 Å². The third-order valence-electron chi connectivity index (χ3n) is 3.73. The fourth-order valence-corrected chi connectivity index (χ4v) is 2.49. The number of hydrogen-bond donors (Lipinski definition) is 2. The highest BCUT2D eigenvalue weighted by molar-refractivity contribution is 6.04. The van der Waals surface area contributed by atoms with E-state index in [9.17, 15) is 9.59 Å². The van der Waals surface area contributed by atoms with Gasteiger partial charge in [-0.05, 0) is 37.1 Å². The van der Waals surface area contributed by atoms with Gasteiger partial charge in [0.05, 0.1) is 16.9 Å². The monoisotopic (exact) mass is 340 g/mol. The van der Waals surface area contributed by atoms with Gasteiger partial charge in [-0.25, -0.2) is 0 Å². The van der Waals surface area contributed by atoms with Crippen LogP contribution in [-0.4, -0.2) is 34.8 Å². The smallest absolute Gasteiger partial charge is 0.274 e. The summed E-state index contributed by atoms with van der Waals surface area (Å²) < 4.78 is 0. The number of para-hydroxylation sites is 2. The van der Waals surface area contributed by atoms with Crippen molar-refractivity contribution in [2.24, 2.45) is 0 Å². The van der Waals surface area contributed by atoms with Crippen LogP contribution >= 0.6 is 0 Å². The van der Waals surface area contributed by atoms with Crippen molar-refractivity contribution in [3.63, 3.8) is 0 Å². The van der Waals surface area contributed by atoms with Crippen LogP contribution in [0.1, 0.15) is 47.5 Å². The average molecular weight is 340 g/mol. The van der Waals surface area contributed by atoms with Crippen LogP contribution < -0.4 is 11.1 Å². The van der Waals surface area contributed by atoms with Crippen LogP contribution in [0.4, 0.5) is 11.4 Å². The second kappa shape index (κ2) is 8.82. The number of nitrogens with two attached hydrogens (primary N) is 1. The molecule has 2 aromatic rings. The van der Waals surface area contributed by atoms with Crippen molar-refractivity contribution in [3.05, 3.63) is 53.9 Å². The number of nitrogens with one attached hydrogen (secondary N) is 1. The molecule has 2 amide bonds. The van der Waals surface area contributed by atoms with Crippen molar-refractivity contribution in [2.75, 3.05) is 24.1 Å². The Morgan fingerprint density at radius 3 is 2.32 bits per heavy atom. The maximum absolute atomic E-state index is 12.5. The highest BCUT2D eigenvalue weighted by Gasteiger charge is 2.16. The molecule has 1 aromatic carbocycles. The second-order valence-corrected chi connectivity index (χ2v) is 5.77. The quantitative estimate of drug-likeness (QED) is 0.758. The maximum Gasteiger partial charge on any atom is 0.274 e. The topological polar surface area (TPSA) is 88.3 Å². The first kappa shape index (κ1) is 18.4. The fraction of sp³-hybridized carbons (Fsp3) is 0.316. The zero-order chi connectivity index (χ0) is 18.2. The predicted octanol–water partition coefficient (Wildman–Crippen LogP) is 3.18. The number of nitrogen functional groups attached to an aromatic ring is 1. The summed E-state index contributed by atoms with van der Waals surface area (Å²) in [6.45, 7) is 5.50. The molecule has 6 nitrogen and oxygen atoms in total. The van der Waals surface area contributed by atoms with E-state index in [0.29, 0.717) is 30.0 Å².